The molecule has 0 heterocycles. The van der Waals surface area contributed by atoms with E-state index in [0.717, 1.165) is 37.7 Å². The van der Waals surface area contributed by atoms with Crippen molar-refractivity contribution < 1.29 is 22.6 Å². The lowest BCUT2D eigenvalue weighted by atomic mass is 9.70. The van der Waals surface area contributed by atoms with Gasteiger partial charge in [0.15, 0.2) is 0 Å². The summed E-state index contributed by atoms with van der Waals surface area (Å²) in [5.74, 6) is -0.251. The van der Waals surface area contributed by atoms with Crippen LogP contribution in [0.15, 0.2) is 18.2 Å². The summed E-state index contributed by atoms with van der Waals surface area (Å²) >= 11 is 0. The van der Waals surface area contributed by atoms with Gasteiger partial charge in [0, 0.05) is 23.8 Å². The molecule has 0 bridgehead atoms. The maximum absolute atomic E-state index is 12.3. The van der Waals surface area contributed by atoms with Crippen molar-refractivity contribution in [1.82, 2.24) is 0 Å². The minimum atomic E-state index is -4.71. The monoisotopic (exact) mass is 313 g/mol. The number of hydrogen-bond acceptors (Lipinski definition) is 3. The summed E-state index contributed by atoms with van der Waals surface area (Å²) in [5, 5.41) is 8.45. The summed E-state index contributed by atoms with van der Waals surface area (Å²) in [6.45, 7) is 0. The fraction of sp³-hybridized carbons (Fsp3) is 0.562. The van der Waals surface area contributed by atoms with Crippen LogP contribution in [0.4, 0.5) is 13.2 Å². The normalized spacial score (nSPS) is 28.0. The number of hydrogen-bond donors (Lipinski definition) is 1. The number of benzene rings is 1. The van der Waals surface area contributed by atoms with Crippen molar-refractivity contribution in [2.75, 3.05) is 7.11 Å². The van der Waals surface area contributed by atoms with Crippen LogP contribution in [0.3, 0.4) is 0 Å². The molecule has 0 saturated heterocycles. The topological polar surface area (TPSA) is 42.3 Å². The van der Waals surface area contributed by atoms with Crippen LogP contribution in [0.2, 0.25) is 0 Å². The third-order valence-corrected chi connectivity index (χ3v) is 4.87. The minimum absolute atomic E-state index is 0.228. The molecule has 0 atom stereocenters. The van der Waals surface area contributed by atoms with E-state index in [-0.39, 0.29) is 17.3 Å². The van der Waals surface area contributed by atoms with Crippen molar-refractivity contribution in [1.29, 1.82) is 5.41 Å². The number of alkyl halides is 3. The molecule has 1 saturated carbocycles. The number of fused-ring (bicyclic) bond motifs is 1. The second-order valence-electron chi connectivity index (χ2n) is 6.13. The van der Waals surface area contributed by atoms with Gasteiger partial charge in [0.05, 0.1) is 6.10 Å². The summed E-state index contributed by atoms with van der Waals surface area (Å²) in [6.07, 6.45) is -0.292. The standard InChI is InChI=1S/C16H18F3NO2/c1-21-11-4-6-15(7-5-11)9-10-2-3-12(22-16(17,18)19)8-13(10)14(15)20/h2-3,8,11,20H,4-7,9H2,1H3. The number of methoxy groups -OCH3 is 1. The third kappa shape index (κ3) is 2.72. The van der Waals surface area contributed by atoms with Crippen molar-refractivity contribution >= 4 is 5.71 Å². The summed E-state index contributed by atoms with van der Waals surface area (Å²) in [7, 11) is 1.69. The molecular formula is C16H18F3NO2. The largest absolute Gasteiger partial charge is 0.573 e. The summed E-state index contributed by atoms with van der Waals surface area (Å²) in [4.78, 5) is 0. The zero-order chi connectivity index (χ0) is 16.0. The van der Waals surface area contributed by atoms with Crippen LogP contribution >= 0.6 is 0 Å². The molecule has 1 aromatic rings. The Morgan fingerprint density at radius 2 is 1.91 bits per heavy atom. The molecule has 0 radical (unpaired) electrons. The van der Waals surface area contributed by atoms with E-state index in [1.54, 1.807) is 13.2 Å². The van der Waals surface area contributed by atoms with Gasteiger partial charge >= 0.3 is 6.36 Å². The van der Waals surface area contributed by atoms with Crippen LogP contribution in [-0.4, -0.2) is 25.3 Å². The van der Waals surface area contributed by atoms with Crippen LogP contribution < -0.4 is 4.74 Å². The van der Waals surface area contributed by atoms with Crippen molar-refractivity contribution in [3.05, 3.63) is 29.3 Å². The molecule has 3 rings (SSSR count). The maximum Gasteiger partial charge on any atom is 0.573 e. The van der Waals surface area contributed by atoms with E-state index in [2.05, 4.69) is 4.74 Å². The lowest BCUT2D eigenvalue weighted by Crippen LogP contribution is -2.35. The van der Waals surface area contributed by atoms with E-state index in [4.69, 9.17) is 10.1 Å². The Morgan fingerprint density at radius 1 is 1.23 bits per heavy atom. The molecule has 0 aromatic heterocycles. The minimum Gasteiger partial charge on any atom is -0.406 e. The predicted octanol–water partition coefficient (Wildman–Crippen LogP) is 4.08. The molecule has 1 fully saturated rings. The molecule has 22 heavy (non-hydrogen) atoms. The third-order valence-electron chi connectivity index (χ3n) is 4.87. The van der Waals surface area contributed by atoms with Crippen molar-refractivity contribution in [3.63, 3.8) is 0 Å². The Morgan fingerprint density at radius 3 is 2.50 bits per heavy atom. The first-order valence-electron chi connectivity index (χ1n) is 7.34. The van der Waals surface area contributed by atoms with Crippen molar-refractivity contribution in [2.45, 2.75) is 44.6 Å². The average molecular weight is 313 g/mol. The van der Waals surface area contributed by atoms with Gasteiger partial charge in [-0.15, -0.1) is 13.2 Å². The van der Waals surface area contributed by atoms with Crippen LogP contribution in [0.25, 0.3) is 0 Å². The van der Waals surface area contributed by atoms with Gasteiger partial charge in [0.1, 0.15) is 5.75 Å². The summed E-state index contributed by atoms with van der Waals surface area (Å²) in [5.41, 5.74) is 1.74. The molecule has 0 aliphatic heterocycles. The summed E-state index contributed by atoms with van der Waals surface area (Å²) < 4.78 is 46.3. The number of halogens is 3. The molecule has 120 valence electrons. The fourth-order valence-electron chi connectivity index (χ4n) is 3.68. The van der Waals surface area contributed by atoms with Gasteiger partial charge in [-0.25, -0.2) is 0 Å². The smallest absolute Gasteiger partial charge is 0.406 e. The van der Waals surface area contributed by atoms with Gasteiger partial charge in [0.2, 0.25) is 0 Å². The fourth-order valence-corrected chi connectivity index (χ4v) is 3.68. The van der Waals surface area contributed by atoms with Gasteiger partial charge in [-0.3, -0.25) is 0 Å². The molecule has 1 N–H and O–H groups in total. The lowest BCUT2D eigenvalue weighted by molar-refractivity contribution is -0.274. The molecule has 2 aliphatic rings. The highest BCUT2D eigenvalue weighted by Crippen LogP contribution is 2.48. The van der Waals surface area contributed by atoms with Crippen molar-refractivity contribution in [3.8, 4) is 5.75 Å². The highest BCUT2D eigenvalue weighted by atomic mass is 19.4. The Bertz CT molecular complexity index is 590. The van der Waals surface area contributed by atoms with Gasteiger partial charge < -0.3 is 14.9 Å². The van der Waals surface area contributed by atoms with Crippen LogP contribution in [0.5, 0.6) is 5.75 Å². The summed E-state index contributed by atoms with van der Waals surface area (Å²) in [6, 6.07) is 4.34. The Hall–Kier alpha value is -1.56. The molecule has 6 heteroatoms. The first-order chi connectivity index (χ1) is 10.3. The quantitative estimate of drug-likeness (QED) is 0.894. The zero-order valence-electron chi connectivity index (χ0n) is 12.3. The molecule has 3 nitrogen and oxygen atoms in total. The van der Waals surface area contributed by atoms with E-state index in [0.29, 0.717) is 11.3 Å². The second kappa shape index (κ2) is 5.26. The van der Waals surface area contributed by atoms with Gasteiger partial charge in [-0.05, 0) is 49.8 Å². The molecule has 0 unspecified atom stereocenters. The van der Waals surface area contributed by atoms with E-state index < -0.39 is 6.36 Å². The Kier molecular flexibility index (Phi) is 3.67. The first-order valence-corrected chi connectivity index (χ1v) is 7.34. The van der Waals surface area contributed by atoms with Gasteiger partial charge in [0.25, 0.3) is 0 Å². The van der Waals surface area contributed by atoms with Crippen LogP contribution in [0, 0.1) is 10.8 Å². The molecular weight excluding hydrogens is 295 g/mol. The SMILES string of the molecule is COC1CCC2(CC1)Cc1ccc(OC(F)(F)F)cc1C2=N. The molecule has 1 spiro atoms. The lowest BCUT2D eigenvalue weighted by Gasteiger charge is -2.36. The highest BCUT2D eigenvalue weighted by molar-refractivity contribution is 6.07. The van der Waals surface area contributed by atoms with E-state index >= 15 is 0 Å². The van der Waals surface area contributed by atoms with Gasteiger partial charge in [-0.2, -0.15) is 0 Å². The number of ether oxygens (including phenoxy) is 2. The first kappa shape index (κ1) is 15.3. The number of rotatable bonds is 2. The zero-order valence-corrected chi connectivity index (χ0v) is 12.3. The highest BCUT2D eigenvalue weighted by Gasteiger charge is 2.45. The van der Waals surface area contributed by atoms with E-state index in [1.165, 1.54) is 12.1 Å². The maximum atomic E-state index is 12.3. The second-order valence-corrected chi connectivity index (χ2v) is 6.13. The Balaban J connectivity index is 1.82. The Labute approximate surface area is 126 Å². The van der Waals surface area contributed by atoms with Crippen molar-refractivity contribution in [2.24, 2.45) is 5.41 Å². The number of nitrogens with one attached hydrogen (secondary N) is 1. The van der Waals surface area contributed by atoms with E-state index in [9.17, 15) is 13.2 Å². The average Bonchev–Trinajstić information content (AvgIpc) is 2.72. The van der Waals surface area contributed by atoms with E-state index in [1.807, 2.05) is 0 Å². The van der Waals surface area contributed by atoms with Crippen LogP contribution in [-0.2, 0) is 11.2 Å². The predicted molar refractivity (Wildman–Crippen MR) is 75.4 cm³/mol. The van der Waals surface area contributed by atoms with Crippen LogP contribution in [0.1, 0.15) is 36.8 Å². The molecule has 2 aliphatic carbocycles. The van der Waals surface area contributed by atoms with Gasteiger partial charge in [-0.1, -0.05) is 6.07 Å². The molecule has 1 aromatic carbocycles. The molecule has 0 amide bonds.